The Morgan fingerprint density at radius 2 is 2.12 bits per heavy atom. The van der Waals surface area contributed by atoms with Crippen LogP contribution in [0.25, 0.3) is 10.7 Å². The number of carbonyl (C=O) groups excluding carboxylic acids is 1. The molecular formula is C19H17N3O2S. The van der Waals surface area contributed by atoms with E-state index in [1.54, 1.807) is 6.20 Å². The van der Waals surface area contributed by atoms with Crippen LogP contribution in [0.15, 0.2) is 54.0 Å². The van der Waals surface area contributed by atoms with Gasteiger partial charge >= 0.3 is 0 Å². The highest BCUT2D eigenvalue weighted by atomic mass is 32.1. The van der Waals surface area contributed by atoms with Gasteiger partial charge in [0.15, 0.2) is 0 Å². The van der Waals surface area contributed by atoms with Crippen molar-refractivity contribution in [2.75, 3.05) is 6.61 Å². The molecule has 5 nitrogen and oxygen atoms in total. The summed E-state index contributed by atoms with van der Waals surface area (Å²) in [5.74, 6) is 0.824. The quantitative estimate of drug-likeness (QED) is 0.783. The van der Waals surface area contributed by atoms with E-state index in [0.29, 0.717) is 6.61 Å². The van der Waals surface area contributed by atoms with E-state index in [2.05, 4.69) is 15.3 Å². The summed E-state index contributed by atoms with van der Waals surface area (Å²) >= 11 is 1.51. The number of rotatable bonds is 4. The van der Waals surface area contributed by atoms with Crippen molar-refractivity contribution < 1.29 is 9.53 Å². The molecule has 4 rings (SSSR count). The predicted molar refractivity (Wildman–Crippen MR) is 96.5 cm³/mol. The first-order valence-corrected chi connectivity index (χ1v) is 9.04. The molecule has 1 aliphatic rings. The number of amides is 1. The van der Waals surface area contributed by atoms with Gasteiger partial charge in [-0.3, -0.25) is 9.78 Å². The lowest BCUT2D eigenvalue weighted by Gasteiger charge is -2.26. The number of nitrogens with zero attached hydrogens (tertiary/aromatic N) is 2. The first-order chi connectivity index (χ1) is 12.3. The fourth-order valence-electron chi connectivity index (χ4n) is 2.90. The van der Waals surface area contributed by atoms with Gasteiger partial charge in [-0.1, -0.05) is 24.3 Å². The second kappa shape index (κ2) is 7.03. The SMILES string of the molecule is O=C(Cc1csc(-c2ccccn2)n1)N[C@H]1CCOc2ccccc21. The van der Waals surface area contributed by atoms with Crippen molar-refractivity contribution in [1.29, 1.82) is 0 Å². The summed E-state index contributed by atoms with van der Waals surface area (Å²) in [6, 6.07) is 13.6. The number of pyridine rings is 1. The number of hydrogen-bond acceptors (Lipinski definition) is 5. The molecule has 0 spiro atoms. The van der Waals surface area contributed by atoms with Gasteiger partial charge in [-0.2, -0.15) is 0 Å². The van der Waals surface area contributed by atoms with Crippen LogP contribution in [0.5, 0.6) is 5.75 Å². The summed E-state index contributed by atoms with van der Waals surface area (Å²) in [6.45, 7) is 0.614. The number of benzene rings is 1. The molecule has 1 aromatic carbocycles. The lowest BCUT2D eigenvalue weighted by Crippen LogP contribution is -2.33. The van der Waals surface area contributed by atoms with Crippen LogP contribution in [0.2, 0.25) is 0 Å². The fourth-order valence-corrected chi connectivity index (χ4v) is 3.69. The lowest BCUT2D eigenvalue weighted by atomic mass is 10.0. The molecule has 3 heterocycles. The average molecular weight is 351 g/mol. The van der Waals surface area contributed by atoms with Gasteiger partial charge in [-0.05, 0) is 18.2 Å². The van der Waals surface area contributed by atoms with E-state index in [-0.39, 0.29) is 18.4 Å². The minimum atomic E-state index is -0.0282. The van der Waals surface area contributed by atoms with Crippen LogP contribution in [0.4, 0.5) is 0 Å². The number of nitrogens with one attached hydrogen (secondary N) is 1. The van der Waals surface area contributed by atoms with E-state index in [9.17, 15) is 4.79 Å². The second-order valence-corrected chi connectivity index (χ2v) is 6.69. The number of fused-ring (bicyclic) bond motifs is 1. The highest BCUT2D eigenvalue weighted by Gasteiger charge is 2.22. The lowest BCUT2D eigenvalue weighted by molar-refractivity contribution is -0.121. The molecule has 1 amide bonds. The number of thiazole rings is 1. The molecule has 0 unspecified atom stereocenters. The van der Waals surface area contributed by atoms with Crippen molar-refractivity contribution >= 4 is 17.2 Å². The number of hydrogen-bond donors (Lipinski definition) is 1. The Labute approximate surface area is 149 Å². The highest BCUT2D eigenvalue weighted by Crippen LogP contribution is 2.31. The maximum Gasteiger partial charge on any atom is 0.226 e. The van der Waals surface area contributed by atoms with Gasteiger partial charge in [-0.15, -0.1) is 11.3 Å². The van der Waals surface area contributed by atoms with Crippen LogP contribution in [-0.2, 0) is 11.2 Å². The Hall–Kier alpha value is -2.73. The van der Waals surface area contributed by atoms with Crippen molar-refractivity contribution in [2.45, 2.75) is 18.9 Å². The third-order valence-corrected chi connectivity index (χ3v) is 4.98. The first kappa shape index (κ1) is 15.8. The molecule has 0 bridgehead atoms. The van der Waals surface area contributed by atoms with E-state index >= 15 is 0 Å². The van der Waals surface area contributed by atoms with Crippen LogP contribution in [0.1, 0.15) is 23.7 Å². The normalized spacial score (nSPS) is 15.9. The van der Waals surface area contributed by atoms with Gasteiger partial charge in [0.1, 0.15) is 10.8 Å². The summed E-state index contributed by atoms with van der Waals surface area (Å²) in [7, 11) is 0. The van der Waals surface area contributed by atoms with Gasteiger partial charge < -0.3 is 10.1 Å². The Balaban J connectivity index is 1.43. The molecule has 1 N–H and O–H groups in total. The standard InChI is InChI=1S/C19H17N3O2S/c23-18(22-15-8-10-24-17-7-2-1-5-14(15)17)11-13-12-25-19(21-13)16-6-3-4-9-20-16/h1-7,9,12,15H,8,10-11H2,(H,22,23)/t15-/m0/s1. The first-order valence-electron chi connectivity index (χ1n) is 8.16. The molecule has 126 valence electrons. The summed E-state index contributed by atoms with van der Waals surface area (Å²) in [5, 5.41) is 5.85. The maximum atomic E-state index is 12.4. The molecule has 0 aliphatic carbocycles. The molecule has 25 heavy (non-hydrogen) atoms. The molecule has 0 radical (unpaired) electrons. The second-order valence-electron chi connectivity index (χ2n) is 5.83. The number of ether oxygens (including phenoxy) is 1. The average Bonchev–Trinajstić information content (AvgIpc) is 3.11. The van der Waals surface area contributed by atoms with Crippen molar-refractivity contribution in [3.63, 3.8) is 0 Å². The summed E-state index contributed by atoms with van der Waals surface area (Å²) in [4.78, 5) is 21.3. The molecule has 3 aromatic rings. The third-order valence-electron chi connectivity index (χ3n) is 4.07. The van der Waals surface area contributed by atoms with Crippen LogP contribution < -0.4 is 10.1 Å². The van der Waals surface area contributed by atoms with Crippen LogP contribution >= 0.6 is 11.3 Å². The summed E-state index contributed by atoms with van der Waals surface area (Å²) in [6.07, 6.45) is 2.79. The Morgan fingerprint density at radius 3 is 3.00 bits per heavy atom. The molecule has 1 aliphatic heterocycles. The summed E-state index contributed by atoms with van der Waals surface area (Å²) < 4.78 is 5.64. The molecule has 0 saturated carbocycles. The monoisotopic (exact) mass is 351 g/mol. The predicted octanol–water partition coefficient (Wildman–Crippen LogP) is 3.39. The smallest absolute Gasteiger partial charge is 0.226 e. The zero-order valence-corrected chi connectivity index (χ0v) is 14.3. The van der Waals surface area contributed by atoms with Crippen LogP contribution in [0.3, 0.4) is 0 Å². The minimum Gasteiger partial charge on any atom is -0.493 e. The van der Waals surface area contributed by atoms with E-state index in [1.807, 2.05) is 47.8 Å². The van der Waals surface area contributed by atoms with Crippen molar-refractivity contribution in [1.82, 2.24) is 15.3 Å². The van der Waals surface area contributed by atoms with Crippen molar-refractivity contribution in [3.05, 3.63) is 65.3 Å². The Bertz CT molecular complexity index is 879. The zero-order valence-electron chi connectivity index (χ0n) is 13.5. The zero-order chi connectivity index (χ0) is 17.1. The van der Waals surface area contributed by atoms with E-state index in [0.717, 1.165) is 34.1 Å². The third kappa shape index (κ3) is 3.53. The van der Waals surface area contributed by atoms with E-state index < -0.39 is 0 Å². The van der Waals surface area contributed by atoms with Gasteiger partial charge in [0.2, 0.25) is 5.91 Å². The minimum absolute atomic E-state index is 0.00801. The molecule has 6 heteroatoms. The van der Waals surface area contributed by atoms with E-state index in [1.165, 1.54) is 11.3 Å². The Kier molecular flexibility index (Phi) is 4.43. The number of carbonyl (C=O) groups is 1. The number of aromatic nitrogens is 2. The van der Waals surface area contributed by atoms with Crippen molar-refractivity contribution in [2.24, 2.45) is 0 Å². The van der Waals surface area contributed by atoms with Crippen LogP contribution in [-0.4, -0.2) is 22.5 Å². The summed E-state index contributed by atoms with van der Waals surface area (Å²) in [5.41, 5.74) is 2.63. The largest absolute Gasteiger partial charge is 0.493 e. The van der Waals surface area contributed by atoms with Gasteiger partial charge in [0.05, 0.1) is 30.5 Å². The van der Waals surface area contributed by atoms with Crippen molar-refractivity contribution in [3.8, 4) is 16.5 Å². The molecule has 2 aromatic heterocycles. The van der Waals surface area contributed by atoms with Gasteiger partial charge in [0, 0.05) is 23.6 Å². The van der Waals surface area contributed by atoms with E-state index in [4.69, 9.17) is 4.74 Å². The maximum absolute atomic E-state index is 12.4. The topological polar surface area (TPSA) is 64.1 Å². The molecule has 0 fully saturated rings. The highest BCUT2D eigenvalue weighted by molar-refractivity contribution is 7.13. The molecule has 0 saturated heterocycles. The van der Waals surface area contributed by atoms with Gasteiger partial charge in [0.25, 0.3) is 0 Å². The number of para-hydroxylation sites is 1. The Morgan fingerprint density at radius 1 is 1.24 bits per heavy atom. The fraction of sp³-hybridized carbons (Fsp3) is 0.211. The van der Waals surface area contributed by atoms with Crippen LogP contribution in [0, 0.1) is 0 Å². The van der Waals surface area contributed by atoms with Gasteiger partial charge in [-0.25, -0.2) is 4.98 Å². The molecule has 1 atom stereocenters. The molecular weight excluding hydrogens is 334 g/mol.